The summed E-state index contributed by atoms with van der Waals surface area (Å²) in [6.45, 7) is 4.81. The molecule has 9 heteroatoms. The Morgan fingerprint density at radius 2 is 0.643 bits per heavy atom. The number of esters is 2. The van der Waals surface area contributed by atoms with Gasteiger partial charge in [-0.3, -0.25) is 9.59 Å². The molecule has 84 heavy (non-hydrogen) atoms. The number of carbonyl (C=O) groups is 3. The number of carbonyl (C=O) groups excluding carboxylic acids is 3. The van der Waals surface area contributed by atoms with Crippen LogP contribution in [0.4, 0.5) is 0 Å². The van der Waals surface area contributed by atoms with Crippen molar-refractivity contribution in [2.24, 2.45) is 0 Å². The molecular weight excluding hydrogens is 1040 g/mol. The highest BCUT2D eigenvalue weighted by Gasteiger charge is 2.22. The van der Waals surface area contributed by atoms with Gasteiger partial charge < -0.3 is 33.3 Å². The lowest BCUT2D eigenvalue weighted by Gasteiger charge is -2.26. The highest BCUT2D eigenvalue weighted by molar-refractivity contribution is 5.70. The molecule has 0 rings (SSSR count). The van der Waals surface area contributed by atoms with Crippen molar-refractivity contribution in [2.75, 3.05) is 47.5 Å². The minimum Gasteiger partial charge on any atom is -0.545 e. The molecule has 0 aliphatic heterocycles. The number of rotatable bonds is 70. The lowest BCUT2D eigenvalue weighted by molar-refractivity contribution is -0.870. The van der Waals surface area contributed by atoms with E-state index in [4.69, 9.17) is 18.9 Å². The molecular formula is C75H143NO8. The first kappa shape index (κ1) is 81.8. The second-order valence-corrected chi connectivity index (χ2v) is 26.6. The number of allylic oxidation sites excluding steroid dienone is 4. The highest BCUT2D eigenvalue weighted by Crippen LogP contribution is 2.19. The zero-order valence-electron chi connectivity index (χ0n) is 56.8. The van der Waals surface area contributed by atoms with Crippen molar-refractivity contribution in [1.82, 2.24) is 0 Å². The lowest BCUT2D eigenvalue weighted by atomic mass is 10.0. The van der Waals surface area contributed by atoms with Crippen LogP contribution >= 0.6 is 0 Å². The first-order valence-electron chi connectivity index (χ1n) is 37.0. The van der Waals surface area contributed by atoms with Crippen molar-refractivity contribution in [1.29, 1.82) is 0 Å². The van der Waals surface area contributed by atoms with Crippen LogP contribution in [0.15, 0.2) is 24.3 Å². The molecule has 0 saturated heterocycles. The highest BCUT2D eigenvalue weighted by atomic mass is 16.7. The van der Waals surface area contributed by atoms with Crippen molar-refractivity contribution >= 4 is 17.9 Å². The Bertz CT molecular complexity index is 1430. The molecule has 0 aliphatic rings. The van der Waals surface area contributed by atoms with Crippen LogP contribution in [0.25, 0.3) is 0 Å². The van der Waals surface area contributed by atoms with Crippen LogP contribution in [0, 0.1) is 0 Å². The summed E-state index contributed by atoms with van der Waals surface area (Å²) in [6, 6.07) is 0. The van der Waals surface area contributed by atoms with Gasteiger partial charge in [0.1, 0.15) is 13.2 Å². The molecule has 9 nitrogen and oxygen atoms in total. The van der Waals surface area contributed by atoms with Crippen LogP contribution in [0.3, 0.4) is 0 Å². The normalized spacial score (nSPS) is 12.7. The molecule has 2 atom stereocenters. The third kappa shape index (κ3) is 67.3. The summed E-state index contributed by atoms with van der Waals surface area (Å²) in [5, 5.41) is 11.8. The van der Waals surface area contributed by atoms with Gasteiger partial charge in [-0.25, -0.2) is 0 Å². The summed E-state index contributed by atoms with van der Waals surface area (Å²) in [5.74, 6) is -2.25. The molecule has 0 aromatic carbocycles. The van der Waals surface area contributed by atoms with E-state index in [1.807, 2.05) is 21.1 Å². The van der Waals surface area contributed by atoms with E-state index in [-0.39, 0.29) is 32.2 Å². The van der Waals surface area contributed by atoms with Crippen molar-refractivity contribution in [3.63, 3.8) is 0 Å². The Hall–Kier alpha value is -2.23. The van der Waals surface area contributed by atoms with E-state index in [2.05, 4.69) is 38.2 Å². The van der Waals surface area contributed by atoms with Gasteiger partial charge in [-0.15, -0.1) is 0 Å². The molecule has 0 aromatic heterocycles. The smallest absolute Gasteiger partial charge is 0.306 e. The number of nitrogens with zero attached hydrogens (tertiary/aromatic N) is 1. The van der Waals surface area contributed by atoms with Gasteiger partial charge >= 0.3 is 11.9 Å². The predicted molar refractivity (Wildman–Crippen MR) is 357 cm³/mol. The van der Waals surface area contributed by atoms with E-state index >= 15 is 0 Å². The molecule has 0 aliphatic carbocycles. The van der Waals surface area contributed by atoms with Crippen molar-refractivity contribution < 1.29 is 42.9 Å². The first-order valence-corrected chi connectivity index (χ1v) is 37.0. The molecule has 0 radical (unpaired) electrons. The number of carboxylic acid groups (broad SMARTS) is 1. The van der Waals surface area contributed by atoms with Gasteiger partial charge in [-0.2, -0.15) is 0 Å². The fraction of sp³-hybridized carbons (Fsp3) is 0.907. The Labute approximate surface area is 522 Å². The summed E-state index contributed by atoms with van der Waals surface area (Å²) in [4.78, 5) is 37.5. The minimum atomic E-state index is -1.62. The minimum absolute atomic E-state index is 0.151. The van der Waals surface area contributed by atoms with Gasteiger partial charge in [0.15, 0.2) is 12.4 Å². The van der Waals surface area contributed by atoms with Crippen molar-refractivity contribution in [2.45, 2.75) is 392 Å². The summed E-state index contributed by atoms with van der Waals surface area (Å²) < 4.78 is 22.8. The molecule has 496 valence electrons. The molecule has 2 unspecified atom stereocenters. The summed E-state index contributed by atoms with van der Waals surface area (Å²) in [5.41, 5.74) is 0. The molecule has 0 bridgehead atoms. The Kier molecular flexibility index (Phi) is 64.9. The number of hydrogen-bond donors (Lipinski definition) is 0. The van der Waals surface area contributed by atoms with E-state index in [0.717, 1.165) is 38.5 Å². The zero-order chi connectivity index (χ0) is 61.2. The Morgan fingerprint density at radius 3 is 0.940 bits per heavy atom. The van der Waals surface area contributed by atoms with Crippen molar-refractivity contribution in [3.8, 4) is 0 Å². The van der Waals surface area contributed by atoms with Gasteiger partial charge in [0.2, 0.25) is 0 Å². The topological polar surface area (TPSA) is 111 Å². The number of hydrogen-bond acceptors (Lipinski definition) is 8. The molecule has 0 aromatic rings. The number of unbranched alkanes of at least 4 members (excludes halogenated alkanes) is 51. The average molecular weight is 1190 g/mol. The van der Waals surface area contributed by atoms with E-state index in [1.54, 1.807) is 0 Å². The predicted octanol–water partition coefficient (Wildman–Crippen LogP) is 21.6. The number of likely N-dealkylation sites (N-methyl/N-ethyl adjacent to an activating group) is 1. The second-order valence-electron chi connectivity index (χ2n) is 26.6. The molecule has 0 amide bonds. The van der Waals surface area contributed by atoms with Gasteiger partial charge in [0.25, 0.3) is 0 Å². The SMILES string of the molecule is CCCCCCC/C=C\C/C=C\CCCCCCCCCCCCCCCC(=O)OC(COC(=O)CCCCCCCCCCCCCCCCCCCCCCCCCCCCCCCCCCCC)COC(OCC[N+](C)(C)C)C(=O)[O-]. The third-order valence-corrected chi connectivity index (χ3v) is 17.0. The zero-order valence-corrected chi connectivity index (χ0v) is 56.8. The van der Waals surface area contributed by atoms with Crippen LogP contribution in [0.2, 0.25) is 0 Å². The van der Waals surface area contributed by atoms with Gasteiger partial charge in [0.05, 0.1) is 40.3 Å². The van der Waals surface area contributed by atoms with E-state index in [1.165, 1.54) is 308 Å². The summed E-state index contributed by atoms with van der Waals surface area (Å²) in [6.07, 6.45) is 80.0. The number of quaternary nitrogens is 1. The van der Waals surface area contributed by atoms with Crippen LogP contribution in [0.5, 0.6) is 0 Å². The fourth-order valence-corrected chi connectivity index (χ4v) is 11.3. The Balaban J connectivity index is 4.00. The Morgan fingerprint density at radius 1 is 0.357 bits per heavy atom. The maximum atomic E-state index is 12.9. The average Bonchev–Trinajstić information content (AvgIpc) is 3.52. The van der Waals surface area contributed by atoms with Gasteiger partial charge in [-0.05, 0) is 44.9 Å². The molecule has 0 spiro atoms. The summed E-state index contributed by atoms with van der Waals surface area (Å²) in [7, 11) is 5.95. The molecule has 0 heterocycles. The van der Waals surface area contributed by atoms with E-state index in [0.29, 0.717) is 23.9 Å². The van der Waals surface area contributed by atoms with Crippen LogP contribution < -0.4 is 5.11 Å². The molecule has 0 saturated carbocycles. The maximum absolute atomic E-state index is 12.9. The van der Waals surface area contributed by atoms with Crippen LogP contribution in [-0.2, 0) is 33.3 Å². The van der Waals surface area contributed by atoms with Gasteiger partial charge in [0, 0.05) is 12.8 Å². The standard InChI is InChI=1S/C75H143NO8/c1-6-8-10-12-14-16-18-20-22-24-26-28-30-32-33-34-35-36-37-38-39-40-42-43-45-47-49-51-53-55-57-59-61-63-65-72(77)82-69-71(70-83-75(74(79)80)81-68-67-76(3,4)5)84-73(78)66-64-62-60-58-56-54-52-50-48-46-44-41-31-29-27-25-23-21-19-17-15-13-11-9-7-2/h19,21,25,27,71,75H,6-18,20,22-24,26,28-70H2,1-5H3/b21-19-,27-25-. The van der Waals surface area contributed by atoms with Gasteiger partial charge in [-0.1, -0.05) is 346 Å². The summed E-state index contributed by atoms with van der Waals surface area (Å²) >= 11 is 0. The van der Waals surface area contributed by atoms with E-state index in [9.17, 15) is 19.5 Å². The largest absolute Gasteiger partial charge is 0.545 e. The van der Waals surface area contributed by atoms with Crippen molar-refractivity contribution in [3.05, 3.63) is 24.3 Å². The molecule has 0 N–H and O–H groups in total. The first-order chi connectivity index (χ1) is 41.1. The second kappa shape index (κ2) is 66.7. The number of aliphatic carboxylic acids is 1. The van der Waals surface area contributed by atoms with Crippen LogP contribution in [0.1, 0.15) is 380 Å². The third-order valence-electron chi connectivity index (χ3n) is 17.0. The number of ether oxygens (including phenoxy) is 4. The quantitative estimate of drug-likeness (QED) is 0.0195. The van der Waals surface area contributed by atoms with E-state index < -0.39 is 24.3 Å². The monoisotopic (exact) mass is 1190 g/mol. The lowest BCUT2D eigenvalue weighted by Crippen LogP contribution is -2.44. The maximum Gasteiger partial charge on any atom is 0.306 e. The molecule has 0 fully saturated rings. The fourth-order valence-electron chi connectivity index (χ4n) is 11.3. The number of carboxylic acids is 1. The van der Waals surface area contributed by atoms with Crippen LogP contribution in [-0.4, -0.2) is 82.3 Å².